The quantitative estimate of drug-likeness (QED) is 0.286. The fraction of sp³-hybridized carbons (Fsp3) is 0.588. The summed E-state index contributed by atoms with van der Waals surface area (Å²) in [6, 6.07) is 11.8. The molecule has 6 nitrogen and oxygen atoms in total. The van der Waals surface area contributed by atoms with Crippen LogP contribution in [0.15, 0.2) is 42.5 Å². The van der Waals surface area contributed by atoms with E-state index in [1.807, 2.05) is 38.1 Å². The molecule has 228 valence electrons. The van der Waals surface area contributed by atoms with Crippen LogP contribution in [0.4, 0.5) is 13.6 Å². The average molecular weight is 584 g/mol. The first-order chi connectivity index (χ1) is 20.0. The van der Waals surface area contributed by atoms with Crippen molar-refractivity contribution in [3.63, 3.8) is 0 Å². The molecule has 3 unspecified atom stereocenters. The van der Waals surface area contributed by atoms with Crippen LogP contribution < -0.4 is 9.47 Å². The van der Waals surface area contributed by atoms with Gasteiger partial charge in [-0.1, -0.05) is 26.0 Å². The minimum Gasteiger partial charge on any atom is -0.497 e. The Kier molecular flexibility index (Phi) is 8.81. The van der Waals surface area contributed by atoms with Crippen molar-refractivity contribution in [2.24, 2.45) is 17.8 Å². The third kappa shape index (κ3) is 6.28. The molecule has 2 saturated carbocycles. The lowest BCUT2D eigenvalue weighted by molar-refractivity contribution is -0.136. The van der Waals surface area contributed by atoms with E-state index in [9.17, 15) is 14.0 Å². The van der Waals surface area contributed by atoms with Crippen LogP contribution in [-0.4, -0.2) is 48.4 Å². The molecular weight excluding hydrogens is 540 g/mol. The van der Waals surface area contributed by atoms with Crippen LogP contribution in [0.2, 0.25) is 0 Å². The van der Waals surface area contributed by atoms with Crippen molar-refractivity contribution in [1.29, 1.82) is 0 Å². The summed E-state index contributed by atoms with van der Waals surface area (Å²) in [6.45, 7) is 7.86. The highest BCUT2D eigenvalue weighted by Crippen LogP contribution is 2.47. The first-order valence-electron chi connectivity index (χ1n) is 15.3. The van der Waals surface area contributed by atoms with Gasteiger partial charge in [-0.05, 0) is 118 Å². The van der Waals surface area contributed by atoms with Gasteiger partial charge < -0.3 is 14.2 Å². The summed E-state index contributed by atoms with van der Waals surface area (Å²) in [5.74, 6) is 0.0991. The minimum absolute atomic E-state index is 0.0376. The molecule has 2 aromatic rings. The molecule has 1 saturated heterocycles. The Balaban J connectivity index is 1.23. The molecule has 8 heteroatoms. The number of carbonyl (C=O) groups is 2. The third-order valence-electron chi connectivity index (χ3n) is 9.31. The maximum atomic E-state index is 16.1. The normalized spacial score (nSPS) is 25.2. The first kappa shape index (κ1) is 30.3. The smallest absolute Gasteiger partial charge is 0.417 e. The van der Waals surface area contributed by atoms with E-state index in [1.54, 1.807) is 33.1 Å². The van der Waals surface area contributed by atoms with E-state index in [4.69, 9.17) is 14.2 Å². The van der Waals surface area contributed by atoms with Crippen molar-refractivity contribution in [2.75, 3.05) is 13.7 Å². The largest absolute Gasteiger partial charge is 0.497 e. The zero-order valence-corrected chi connectivity index (χ0v) is 25.3. The highest BCUT2D eigenvalue weighted by atomic mass is 19.1. The van der Waals surface area contributed by atoms with Crippen LogP contribution in [0.1, 0.15) is 89.2 Å². The number of alkyl halides is 1. The summed E-state index contributed by atoms with van der Waals surface area (Å²) in [5, 5.41) is 0. The lowest BCUT2D eigenvalue weighted by Gasteiger charge is -2.32. The predicted molar refractivity (Wildman–Crippen MR) is 156 cm³/mol. The average Bonchev–Trinajstić information content (AvgIpc) is 3.76. The van der Waals surface area contributed by atoms with E-state index < -0.39 is 35.7 Å². The number of cyclic esters (lactones) is 1. The molecule has 1 heterocycles. The fourth-order valence-corrected chi connectivity index (χ4v) is 7.14. The Morgan fingerprint density at radius 2 is 1.76 bits per heavy atom. The van der Waals surface area contributed by atoms with Crippen LogP contribution in [0, 0.1) is 23.6 Å². The lowest BCUT2D eigenvalue weighted by Crippen LogP contribution is -2.51. The molecule has 2 aliphatic carbocycles. The monoisotopic (exact) mass is 583 g/mol. The van der Waals surface area contributed by atoms with Gasteiger partial charge in [0.25, 0.3) is 5.91 Å². The minimum atomic E-state index is -1.86. The van der Waals surface area contributed by atoms with Crippen LogP contribution >= 0.6 is 0 Å². The molecule has 3 fully saturated rings. The number of ether oxygens (including phenoxy) is 3. The van der Waals surface area contributed by atoms with Gasteiger partial charge in [-0.15, -0.1) is 0 Å². The van der Waals surface area contributed by atoms with Crippen LogP contribution in [0.25, 0.3) is 0 Å². The number of carbonyl (C=O) groups excluding carboxylic acids is 2. The molecule has 3 atom stereocenters. The van der Waals surface area contributed by atoms with Gasteiger partial charge in [0.05, 0.1) is 19.8 Å². The fourth-order valence-electron chi connectivity index (χ4n) is 7.14. The van der Waals surface area contributed by atoms with E-state index in [2.05, 4.69) is 0 Å². The third-order valence-corrected chi connectivity index (χ3v) is 9.31. The molecular formula is C34H43F2NO5. The predicted octanol–water partition coefficient (Wildman–Crippen LogP) is 7.80. The van der Waals surface area contributed by atoms with E-state index in [0.717, 1.165) is 43.4 Å². The maximum absolute atomic E-state index is 16.1. The second kappa shape index (κ2) is 12.2. The van der Waals surface area contributed by atoms with Gasteiger partial charge >= 0.3 is 6.09 Å². The van der Waals surface area contributed by atoms with Gasteiger partial charge in [-0.2, -0.15) is 0 Å². The van der Waals surface area contributed by atoms with Crippen molar-refractivity contribution < 1.29 is 32.6 Å². The van der Waals surface area contributed by atoms with Crippen molar-refractivity contribution in [3.05, 3.63) is 59.4 Å². The second-order valence-electron chi connectivity index (χ2n) is 13.1. The summed E-state index contributed by atoms with van der Waals surface area (Å²) >= 11 is 0. The maximum Gasteiger partial charge on any atom is 0.417 e. The van der Waals surface area contributed by atoms with E-state index >= 15 is 4.39 Å². The number of rotatable bonds is 10. The summed E-state index contributed by atoms with van der Waals surface area (Å²) in [7, 11) is 1.59. The van der Waals surface area contributed by atoms with Crippen molar-refractivity contribution in [2.45, 2.75) is 95.9 Å². The van der Waals surface area contributed by atoms with Crippen molar-refractivity contribution in [1.82, 2.24) is 4.90 Å². The molecule has 5 rings (SSSR count). The SMILES string of the molecule is COc1ccc(F)c([C@H]2CC[C@H](COc3cccc(C(C4CC4)C(F)C(=O)N4C(=O)OC(C)(C)C4C(C)C)c3)CC2)c1. The van der Waals surface area contributed by atoms with E-state index in [1.165, 1.54) is 6.07 Å². The van der Waals surface area contributed by atoms with Crippen molar-refractivity contribution >= 4 is 12.0 Å². The van der Waals surface area contributed by atoms with Gasteiger partial charge in [0.15, 0.2) is 6.17 Å². The summed E-state index contributed by atoms with van der Waals surface area (Å²) < 4.78 is 47.6. The summed E-state index contributed by atoms with van der Waals surface area (Å²) in [4.78, 5) is 27.2. The summed E-state index contributed by atoms with van der Waals surface area (Å²) in [6.07, 6.45) is 2.64. The topological polar surface area (TPSA) is 65.1 Å². The van der Waals surface area contributed by atoms with Crippen LogP contribution in [-0.2, 0) is 9.53 Å². The zero-order valence-electron chi connectivity index (χ0n) is 25.3. The molecule has 0 aromatic heterocycles. The molecule has 1 aliphatic heterocycles. The molecule has 2 aromatic carbocycles. The molecule has 2 amide bonds. The molecule has 0 radical (unpaired) electrons. The number of halogens is 2. The number of nitrogens with zero attached hydrogens (tertiary/aromatic N) is 1. The Hall–Kier alpha value is -3.16. The van der Waals surface area contributed by atoms with Gasteiger partial charge in [-0.25, -0.2) is 18.5 Å². The molecule has 0 N–H and O–H groups in total. The highest BCUT2D eigenvalue weighted by molar-refractivity contribution is 5.97. The molecule has 42 heavy (non-hydrogen) atoms. The Morgan fingerprint density at radius 3 is 2.40 bits per heavy atom. The van der Waals surface area contributed by atoms with E-state index in [0.29, 0.717) is 35.2 Å². The number of hydrogen-bond acceptors (Lipinski definition) is 5. The number of methoxy groups -OCH3 is 1. The molecule has 3 aliphatic rings. The van der Waals surface area contributed by atoms with Crippen LogP contribution in [0.3, 0.4) is 0 Å². The number of amides is 2. The number of benzene rings is 2. The number of hydrogen-bond donors (Lipinski definition) is 0. The Morgan fingerprint density at radius 1 is 1.05 bits per heavy atom. The second-order valence-corrected chi connectivity index (χ2v) is 13.1. The standard InChI is InChI=1S/C34H43F2NO5/c1-20(2)31-34(3,4)42-33(39)37(31)32(38)30(36)29(23-13-14-23)24-7-6-8-26(17-24)41-19-21-9-11-22(12-10-21)27-18-25(40-5)15-16-28(27)35/h6-8,15-18,20-23,29-31H,9-14,19H2,1-5H3/t21-,22-,29?,30?,31?. The van der Waals surface area contributed by atoms with Crippen LogP contribution in [0.5, 0.6) is 11.5 Å². The highest BCUT2D eigenvalue weighted by Gasteiger charge is 2.55. The van der Waals surface area contributed by atoms with Gasteiger partial charge in [0, 0.05) is 5.92 Å². The zero-order chi connectivity index (χ0) is 30.2. The van der Waals surface area contributed by atoms with E-state index in [-0.39, 0.29) is 23.6 Å². The van der Waals surface area contributed by atoms with Gasteiger partial charge in [0.1, 0.15) is 22.9 Å². The lowest BCUT2D eigenvalue weighted by atomic mass is 9.79. The molecule has 0 bridgehead atoms. The Labute approximate surface area is 247 Å². The molecule has 0 spiro atoms. The van der Waals surface area contributed by atoms with Gasteiger partial charge in [-0.3, -0.25) is 4.79 Å². The van der Waals surface area contributed by atoms with Crippen molar-refractivity contribution in [3.8, 4) is 11.5 Å². The van der Waals surface area contributed by atoms with Gasteiger partial charge in [0.2, 0.25) is 0 Å². The Bertz CT molecular complexity index is 1280. The first-order valence-corrected chi connectivity index (χ1v) is 15.3. The summed E-state index contributed by atoms with van der Waals surface area (Å²) in [5.41, 5.74) is 0.541. The number of imide groups is 1.